The Balaban J connectivity index is 2.18. The Hall–Kier alpha value is -1.71. The lowest BCUT2D eigenvalue weighted by atomic mass is 10.3. The molecule has 9 heteroatoms. The molecule has 4 N–H and O–H groups in total. The number of hydrogen-bond donors (Lipinski definition) is 4. The summed E-state index contributed by atoms with van der Waals surface area (Å²) >= 11 is 0. The zero-order valence-corrected chi connectivity index (χ0v) is 11.4. The molecule has 0 unspecified atom stereocenters. The lowest BCUT2D eigenvalue weighted by Gasteiger charge is -2.27. The number of aliphatic hydroxyl groups is 2. The summed E-state index contributed by atoms with van der Waals surface area (Å²) in [6, 6.07) is -0.500. The first-order chi connectivity index (χ1) is 9.76. The molecule has 112 valence electrons. The Labute approximate surface area is 117 Å². The Morgan fingerprint density at radius 1 is 1.15 bits per heavy atom. The van der Waals surface area contributed by atoms with E-state index in [0.717, 1.165) is 13.1 Å². The summed E-state index contributed by atoms with van der Waals surface area (Å²) in [6.45, 7) is 2.30. The van der Waals surface area contributed by atoms with E-state index in [2.05, 4.69) is 25.6 Å². The lowest BCUT2D eigenvalue weighted by Crippen LogP contribution is -2.38. The van der Waals surface area contributed by atoms with Crippen molar-refractivity contribution in [3.63, 3.8) is 0 Å². The Morgan fingerprint density at radius 3 is 2.40 bits per heavy atom. The normalized spacial score (nSPS) is 15.5. The molecule has 1 saturated heterocycles. The molecule has 20 heavy (non-hydrogen) atoms. The number of aromatic nitrogens is 3. The highest BCUT2D eigenvalue weighted by Gasteiger charge is 2.17. The van der Waals surface area contributed by atoms with E-state index in [-0.39, 0.29) is 13.2 Å². The van der Waals surface area contributed by atoms with Gasteiger partial charge in [0.05, 0.1) is 32.5 Å². The van der Waals surface area contributed by atoms with Gasteiger partial charge in [0, 0.05) is 20.1 Å². The maximum atomic E-state index is 9.10. The van der Waals surface area contributed by atoms with Crippen LogP contribution in [0.2, 0.25) is 0 Å². The summed E-state index contributed by atoms with van der Waals surface area (Å²) in [7, 11) is 1.72. The van der Waals surface area contributed by atoms with Gasteiger partial charge in [0.1, 0.15) is 0 Å². The Bertz CT molecular complexity index is 423. The molecule has 1 aliphatic rings. The maximum Gasteiger partial charge on any atom is 0.232 e. The van der Waals surface area contributed by atoms with Gasteiger partial charge in [-0.15, -0.1) is 0 Å². The quantitative estimate of drug-likeness (QED) is 0.496. The second kappa shape index (κ2) is 7.17. The average Bonchev–Trinajstić information content (AvgIpc) is 2.53. The topological polar surface area (TPSA) is 116 Å². The Kier molecular flexibility index (Phi) is 5.27. The zero-order chi connectivity index (χ0) is 14.4. The Morgan fingerprint density at radius 2 is 1.80 bits per heavy atom. The second-order valence-corrected chi connectivity index (χ2v) is 4.34. The molecule has 1 aliphatic heterocycles. The van der Waals surface area contributed by atoms with Crippen LogP contribution in [0.3, 0.4) is 0 Å². The van der Waals surface area contributed by atoms with Crippen molar-refractivity contribution in [2.24, 2.45) is 0 Å². The van der Waals surface area contributed by atoms with Gasteiger partial charge in [-0.1, -0.05) is 0 Å². The van der Waals surface area contributed by atoms with Crippen LogP contribution in [-0.2, 0) is 4.74 Å². The van der Waals surface area contributed by atoms with Crippen LogP contribution in [0.1, 0.15) is 0 Å². The van der Waals surface area contributed by atoms with Crippen molar-refractivity contribution in [3.05, 3.63) is 0 Å². The summed E-state index contributed by atoms with van der Waals surface area (Å²) in [5.74, 6) is 1.29. The molecule has 0 spiro atoms. The number of morpholine rings is 1. The van der Waals surface area contributed by atoms with E-state index < -0.39 is 6.04 Å². The van der Waals surface area contributed by atoms with Crippen LogP contribution in [-0.4, -0.2) is 77.8 Å². The van der Waals surface area contributed by atoms with Gasteiger partial charge >= 0.3 is 0 Å². The van der Waals surface area contributed by atoms with Crippen LogP contribution in [0.25, 0.3) is 0 Å². The second-order valence-electron chi connectivity index (χ2n) is 4.34. The van der Waals surface area contributed by atoms with Crippen LogP contribution in [0, 0.1) is 0 Å². The molecule has 1 fully saturated rings. The predicted molar refractivity (Wildman–Crippen MR) is 74.0 cm³/mol. The standard InChI is InChI=1S/C11H20N6O3/c1-12-9-14-10(13-8(6-18)7-19)16-11(15-9)17-2-4-20-5-3-17/h8,18-19H,2-7H2,1H3,(H2,12,13,14,15,16). The fourth-order valence-corrected chi connectivity index (χ4v) is 1.78. The summed E-state index contributed by atoms with van der Waals surface area (Å²) in [5.41, 5.74) is 0. The fourth-order valence-electron chi connectivity index (χ4n) is 1.78. The first-order valence-electron chi connectivity index (χ1n) is 6.51. The van der Waals surface area contributed by atoms with Crippen molar-refractivity contribution >= 4 is 17.8 Å². The number of hydrogen-bond acceptors (Lipinski definition) is 9. The van der Waals surface area contributed by atoms with Gasteiger partial charge in [-0.3, -0.25) is 0 Å². The third-order valence-electron chi connectivity index (χ3n) is 2.92. The van der Waals surface area contributed by atoms with Gasteiger partial charge in [-0.05, 0) is 0 Å². The van der Waals surface area contributed by atoms with Crippen LogP contribution in [0.5, 0.6) is 0 Å². The minimum absolute atomic E-state index is 0.204. The number of anilines is 3. The van der Waals surface area contributed by atoms with E-state index in [0.29, 0.717) is 31.1 Å². The van der Waals surface area contributed by atoms with Gasteiger partial charge in [0.25, 0.3) is 0 Å². The molecular weight excluding hydrogens is 264 g/mol. The van der Waals surface area contributed by atoms with E-state index in [1.165, 1.54) is 0 Å². The molecule has 2 heterocycles. The highest BCUT2D eigenvalue weighted by Crippen LogP contribution is 2.15. The van der Waals surface area contributed by atoms with Gasteiger partial charge in [-0.2, -0.15) is 15.0 Å². The van der Waals surface area contributed by atoms with Crippen LogP contribution < -0.4 is 15.5 Å². The van der Waals surface area contributed by atoms with Gasteiger partial charge in [0.2, 0.25) is 17.8 Å². The van der Waals surface area contributed by atoms with Crippen molar-refractivity contribution in [1.82, 2.24) is 15.0 Å². The minimum atomic E-state index is -0.500. The van der Waals surface area contributed by atoms with Crippen molar-refractivity contribution in [1.29, 1.82) is 0 Å². The van der Waals surface area contributed by atoms with E-state index in [9.17, 15) is 0 Å². The third-order valence-corrected chi connectivity index (χ3v) is 2.92. The lowest BCUT2D eigenvalue weighted by molar-refractivity contribution is 0.122. The molecule has 0 radical (unpaired) electrons. The molecule has 2 rings (SSSR count). The minimum Gasteiger partial charge on any atom is -0.394 e. The first kappa shape index (κ1) is 14.7. The molecule has 1 aromatic heterocycles. The number of rotatable bonds is 6. The van der Waals surface area contributed by atoms with Crippen molar-refractivity contribution in [3.8, 4) is 0 Å². The summed E-state index contributed by atoms with van der Waals surface area (Å²) < 4.78 is 5.30. The average molecular weight is 284 g/mol. The maximum absolute atomic E-state index is 9.10. The molecule has 0 amide bonds. The summed E-state index contributed by atoms with van der Waals surface area (Å²) in [4.78, 5) is 14.8. The van der Waals surface area contributed by atoms with Crippen molar-refractivity contribution in [2.45, 2.75) is 6.04 Å². The predicted octanol–water partition coefficient (Wildman–Crippen LogP) is -1.48. The molecule has 0 atom stereocenters. The largest absolute Gasteiger partial charge is 0.394 e. The van der Waals surface area contributed by atoms with Crippen LogP contribution in [0.15, 0.2) is 0 Å². The number of nitrogens with one attached hydrogen (secondary N) is 2. The molecule has 0 bridgehead atoms. The molecule has 1 aromatic rings. The number of nitrogens with zero attached hydrogens (tertiary/aromatic N) is 4. The van der Waals surface area contributed by atoms with E-state index >= 15 is 0 Å². The van der Waals surface area contributed by atoms with Gasteiger partial charge in [-0.25, -0.2) is 0 Å². The highest BCUT2D eigenvalue weighted by molar-refractivity contribution is 5.44. The SMILES string of the molecule is CNc1nc(NC(CO)CO)nc(N2CCOCC2)n1. The van der Waals surface area contributed by atoms with Gasteiger partial charge < -0.3 is 30.5 Å². The van der Waals surface area contributed by atoms with E-state index in [1.54, 1.807) is 7.05 Å². The summed E-state index contributed by atoms with van der Waals surface area (Å²) in [6.07, 6.45) is 0. The first-order valence-corrected chi connectivity index (χ1v) is 6.51. The zero-order valence-electron chi connectivity index (χ0n) is 11.4. The fraction of sp³-hybridized carbons (Fsp3) is 0.727. The molecule has 0 aliphatic carbocycles. The smallest absolute Gasteiger partial charge is 0.232 e. The number of aliphatic hydroxyl groups excluding tert-OH is 2. The third kappa shape index (κ3) is 3.65. The molecule has 9 nitrogen and oxygen atoms in total. The van der Waals surface area contributed by atoms with Crippen molar-refractivity contribution in [2.75, 3.05) is 62.1 Å². The van der Waals surface area contributed by atoms with Gasteiger partial charge in [0.15, 0.2) is 0 Å². The molecule has 0 saturated carbocycles. The van der Waals surface area contributed by atoms with Crippen molar-refractivity contribution < 1.29 is 14.9 Å². The van der Waals surface area contributed by atoms with E-state index in [4.69, 9.17) is 14.9 Å². The monoisotopic (exact) mass is 284 g/mol. The summed E-state index contributed by atoms with van der Waals surface area (Å²) in [5, 5.41) is 23.9. The molecular formula is C11H20N6O3. The van der Waals surface area contributed by atoms with Crippen LogP contribution in [0.4, 0.5) is 17.8 Å². The van der Waals surface area contributed by atoms with E-state index in [1.807, 2.05) is 4.90 Å². The van der Waals surface area contributed by atoms with Crippen LogP contribution >= 0.6 is 0 Å². The number of ether oxygens (including phenoxy) is 1. The highest BCUT2D eigenvalue weighted by atomic mass is 16.5. The molecule has 0 aromatic carbocycles.